The summed E-state index contributed by atoms with van der Waals surface area (Å²) in [5.74, 6) is 0. The van der Waals surface area contributed by atoms with E-state index in [-0.39, 0.29) is 0 Å². The lowest BCUT2D eigenvalue weighted by Gasteiger charge is -2.03. The van der Waals surface area contributed by atoms with Crippen LogP contribution in [0.4, 0.5) is 0 Å². The second-order valence-electron chi connectivity index (χ2n) is 2.18. The van der Waals surface area contributed by atoms with E-state index in [1.165, 1.54) is 5.57 Å². The van der Waals surface area contributed by atoms with Crippen molar-refractivity contribution in [2.24, 2.45) is 0 Å². The minimum atomic E-state index is 0.851. The van der Waals surface area contributed by atoms with Crippen LogP contribution in [-0.4, -0.2) is 7.05 Å². The summed E-state index contributed by atoms with van der Waals surface area (Å²) >= 11 is 0. The molecular formula is C9H16N2. The van der Waals surface area contributed by atoms with Gasteiger partial charge in [-0.2, -0.15) is 0 Å². The highest BCUT2D eigenvalue weighted by molar-refractivity contribution is 5.25. The molecule has 0 radical (unpaired) electrons. The molecule has 0 spiro atoms. The summed E-state index contributed by atoms with van der Waals surface area (Å²) in [5, 5.41) is 0. The maximum atomic E-state index is 3.78. The zero-order valence-electron chi connectivity index (χ0n) is 7.28. The fourth-order valence-electron chi connectivity index (χ4n) is 0.726. The van der Waals surface area contributed by atoms with E-state index < -0.39 is 0 Å². The molecule has 0 saturated heterocycles. The molecule has 0 heterocycles. The third-order valence-electron chi connectivity index (χ3n) is 1.32. The standard InChI is InChI=1S/C9H16N2/c1-5-9(6-2)7-8(3)11-10-4/h5,7,10-11H,1,3,6H2,2,4H3/b9-7+. The molecule has 2 nitrogen and oxygen atoms in total. The van der Waals surface area contributed by atoms with Crippen molar-refractivity contribution in [1.82, 2.24) is 10.9 Å². The van der Waals surface area contributed by atoms with Gasteiger partial charge in [0.15, 0.2) is 0 Å². The Morgan fingerprint density at radius 1 is 1.55 bits per heavy atom. The molecule has 0 bridgehead atoms. The van der Waals surface area contributed by atoms with Gasteiger partial charge in [-0.1, -0.05) is 26.2 Å². The van der Waals surface area contributed by atoms with Gasteiger partial charge in [-0.15, -0.1) is 0 Å². The molecule has 0 rings (SSSR count). The quantitative estimate of drug-likeness (QED) is 0.463. The molecule has 2 N–H and O–H groups in total. The van der Waals surface area contributed by atoms with E-state index in [1.54, 1.807) is 7.05 Å². The maximum Gasteiger partial charge on any atom is 0.0418 e. The van der Waals surface area contributed by atoms with Crippen LogP contribution in [0.5, 0.6) is 0 Å². The maximum absolute atomic E-state index is 3.78. The van der Waals surface area contributed by atoms with Crippen LogP contribution in [-0.2, 0) is 0 Å². The minimum Gasteiger partial charge on any atom is -0.322 e. The third-order valence-corrected chi connectivity index (χ3v) is 1.32. The van der Waals surface area contributed by atoms with Gasteiger partial charge >= 0.3 is 0 Å². The molecule has 0 amide bonds. The SMILES string of the molecule is C=C/C(=C\C(=C)NNC)CC. The molecule has 0 aromatic heterocycles. The van der Waals surface area contributed by atoms with E-state index in [2.05, 4.69) is 30.9 Å². The summed E-state index contributed by atoms with van der Waals surface area (Å²) in [5.41, 5.74) is 7.70. The molecule has 0 aromatic rings. The van der Waals surface area contributed by atoms with E-state index in [1.807, 2.05) is 12.2 Å². The largest absolute Gasteiger partial charge is 0.322 e. The highest BCUT2D eigenvalue weighted by Gasteiger charge is 1.88. The molecule has 0 aromatic carbocycles. The first-order chi connectivity index (χ1) is 5.24. The van der Waals surface area contributed by atoms with Crippen molar-refractivity contribution in [3.8, 4) is 0 Å². The number of hydrazine groups is 1. The Kier molecular flexibility index (Phi) is 5.21. The number of hydrogen-bond donors (Lipinski definition) is 2. The molecule has 0 saturated carbocycles. The van der Waals surface area contributed by atoms with Gasteiger partial charge in [0, 0.05) is 12.7 Å². The van der Waals surface area contributed by atoms with Gasteiger partial charge < -0.3 is 5.43 Å². The van der Waals surface area contributed by atoms with Crippen molar-refractivity contribution >= 4 is 0 Å². The number of allylic oxidation sites excluding steroid dienone is 3. The molecule has 0 fully saturated rings. The molecule has 62 valence electrons. The molecule has 0 aliphatic carbocycles. The van der Waals surface area contributed by atoms with E-state index in [0.29, 0.717) is 0 Å². The topological polar surface area (TPSA) is 24.1 Å². The third kappa shape index (κ3) is 4.39. The molecular weight excluding hydrogens is 136 g/mol. The first kappa shape index (κ1) is 9.98. The minimum absolute atomic E-state index is 0.851. The van der Waals surface area contributed by atoms with Crippen molar-refractivity contribution < 1.29 is 0 Å². The summed E-state index contributed by atoms with van der Waals surface area (Å²) in [6.45, 7) is 9.55. The van der Waals surface area contributed by atoms with Crippen molar-refractivity contribution in [3.05, 3.63) is 36.6 Å². The van der Waals surface area contributed by atoms with Crippen LogP contribution in [0.1, 0.15) is 13.3 Å². The van der Waals surface area contributed by atoms with E-state index >= 15 is 0 Å². The van der Waals surface area contributed by atoms with Gasteiger partial charge in [0.25, 0.3) is 0 Å². The normalized spacial score (nSPS) is 10.9. The highest BCUT2D eigenvalue weighted by atomic mass is 15.3. The molecule has 0 unspecified atom stereocenters. The van der Waals surface area contributed by atoms with Gasteiger partial charge in [-0.3, -0.25) is 0 Å². The van der Waals surface area contributed by atoms with Crippen molar-refractivity contribution in [3.63, 3.8) is 0 Å². The van der Waals surface area contributed by atoms with Crippen molar-refractivity contribution in [2.75, 3.05) is 7.05 Å². The van der Waals surface area contributed by atoms with Crippen LogP contribution in [0.25, 0.3) is 0 Å². The van der Waals surface area contributed by atoms with Gasteiger partial charge in [0.2, 0.25) is 0 Å². The monoisotopic (exact) mass is 152 g/mol. The van der Waals surface area contributed by atoms with Crippen molar-refractivity contribution in [1.29, 1.82) is 0 Å². The Bertz CT molecular complexity index is 168. The molecule has 0 atom stereocenters. The van der Waals surface area contributed by atoms with Crippen molar-refractivity contribution in [2.45, 2.75) is 13.3 Å². The van der Waals surface area contributed by atoms with E-state index in [4.69, 9.17) is 0 Å². The van der Waals surface area contributed by atoms with E-state index in [0.717, 1.165) is 12.1 Å². The summed E-state index contributed by atoms with van der Waals surface area (Å²) in [6, 6.07) is 0. The Hall–Kier alpha value is -1.02. The number of hydrogen-bond acceptors (Lipinski definition) is 2. The lowest BCUT2D eigenvalue weighted by atomic mass is 10.2. The first-order valence-electron chi connectivity index (χ1n) is 3.69. The second kappa shape index (κ2) is 5.74. The van der Waals surface area contributed by atoms with Crippen LogP contribution in [0.3, 0.4) is 0 Å². The average molecular weight is 152 g/mol. The zero-order chi connectivity index (χ0) is 8.69. The van der Waals surface area contributed by atoms with Crippen LogP contribution in [0, 0.1) is 0 Å². The smallest absolute Gasteiger partial charge is 0.0418 e. The Morgan fingerprint density at radius 2 is 2.18 bits per heavy atom. The molecule has 2 heteroatoms. The molecule has 0 aliphatic heterocycles. The Labute approximate surface area is 68.7 Å². The fraction of sp³-hybridized carbons (Fsp3) is 0.333. The highest BCUT2D eigenvalue weighted by Crippen LogP contribution is 2.03. The zero-order valence-corrected chi connectivity index (χ0v) is 7.28. The second-order valence-corrected chi connectivity index (χ2v) is 2.18. The van der Waals surface area contributed by atoms with E-state index in [9.17, 15) is 0 Å². The summed E-state index contributed by atoms with van der Waals surface area (Å²) in [7, 11) is 1.80. The average Bonchev–Trinajstić information content (AvgIpc) is 2.01. The predicted octanol–water partition coefficient (Wildman–Crippen LogP) is 1.75. The first-order valence-corrected chi connectivity index (χ1v) is 3.69. The fourth-order valence-corrected chi connectivity index (χ4v) is 0.726. The van der Waals surface area contributed by atoms with Crippen LogP contribution in [0.2, 0.25) is 0 Å². The Balaban J connectivity index is 4.03. The van der Waals surface area contributed by atoms with Gasteiger partial charge in [0.1, 0.15) is 0 Å². The van der Waals surface area contributed by atoms with Gasteiger partial charge in [-0.25, -0.2) is 5.43 Å². The lowest BCUT2D eigenvalue weighted by Crippen LogP contribution is -2.25. The summed E-state index contributed by atoms with van der Waals surface area (Å²) in [4.78, 5) is 0. The van der Waals surface area contributed by atoms with Crippen LogP contribution < -0.4 is 10.9 Å². The molecule has 0 aliphatic rings. The van der Waals surface area contributed by atoms with Gasteiger partial charge in [0.05, 0.1) is 0 Å². The van der Waals surface area contributed by atoms with Crippen LogP contribution in [0.15, 0.2) is 36.6 Å². The number of rotatable bonds is 5. The predicted molar refractivity (Wildman–Crippen MR) is 49.9 cm³/mol. The number of nitrogens with one attached hydrogen (secondary N) is 2. The summed E-state index contributed by atoms with van der Waals surface area (Å²) < 4.78 is 0. The summed E-state index contributed by atoms with van der Waals surface area (Å²) in [6.07, 6.45) is 4.78. The Morgan fingerprint density at radius 3 is 2.55 bits per heavy atom. The molecule has 11 heavy (non-hydrogen) atoms. The van der Waals surface area contributed by atoms with Gasteiger partial charge in [-0.05, 0) is 18.1 Å². The lowest BCUT2D eigenvalue weighted by molar-refractivity contribution is 0.705. The van der Waals surface area contributed by atoms with Crippen LogP contribution >= 0.6 is 0 Å².